The second-order valence-electron chi connectivity index (χ2n) is 11.2. The number of aliphatic carboxylic acids is 1. The first kappa shape index (κ1) is 42.7. The van der Waals surface area contributed by atoms with Crippen molar-refractivity contribution in [2.24, 2.45) is 11.3 Å². The van der Waals surface area contributed by atoms with Crippen LogP contribution in [0.15, 0.2) is 72.4 Å². The average molecular weight is 612 g/mol. The molecule has 0 aliphatic rings. The third kappa shape index (κ3) is 13.5. The van der Waals surface area contributed by atoms with Crippen LogP contribution in [0.3, 0.4) is 0 Å². The molecule has 0 aromatic heterocycles. The predicted molar refractivity (Wildman–Crippen MR) is 187 cm³/mol. The number of benzene rings is 1. The molecule has 0 saturated carbocycles. The molecule has 2 amide bonds. The van der Waals surface area contributed by atoms with Gasteiger partial charge in [0.05, 0.1) is 12.1 Å². The van der Waals surface area contributed by atoms with E-state index in [0.717, 1.165) is 23.1 Å². The van der Waals surface area contributed by atoms with Crippen molar-refractivity contribution in [3.63, 3.8) is 0 Å². The number of carboxylic acids is 1. The van der Waals surface area contributed by atoms with Crippen molar-refractivity contribution >= 4 is 23.4 Å². The molecule has 0 radical (unpaired) electrons. The largest absolute Gasteiger partial charge is 0.478 e. The van der Waals surface area contributed by atoms with Gasteiger partial charge >= 0.3 is 5.97 Å². The Hall–Kier alpha value is -3.45. The highest BCUT2D eigenvalue weighted by Crippen LogP contribution is 2.27. The van der Waals surface area contributed by atoms with E-state index in [1.165, 1.54) is 11.8 Å². The van der Waals surface area contributed by atoms with Crippen LogP contribution < -0.4 is 10.6 Å². The van der Waals surface area contributed by atoms with Crippen LogP contribution in [-0.2, 0) is 14.4 Å². The van der Waals surface area contributed by atoms with Gasteiger partial charge in [-0.1, -0.05) is 136 Å². The Morgan fingerprint density at radius 2 is 1.59 bits per heavy atom. The lowest BCUT2D eigenvalue weighted by Gasteiger charge is -2.37. The number of allylic oxidation sites excluding steroid dienone is 4. The van der Waals surface area contributed by atoms with Gasteiger partial charge in [-0.3, -0.25) is 9.59 Å². The molecular formula is C37H61N3O4. The summed E-state index contributed by atoms with van der Waals surface area (Å²) in [7, 11) is 3.40. The Labute approximate surface area is 268 Å². The van der Waals surface area contributed by atoms with E-state index >= 15 is 0 Å². The quantitative estimate of drug-likeness (QED) is 0.148. The molecule has 0 heterocycles. The number of likely N-dealkylation sites (N-methyl/N-ethyl adjacent to an activating group) is 2. The Morgan fingerprint density at radius 3 is 2.00 bits per heavy atom. The van der Waals surface area contributed by atoms with Crippen molar-refractivity contribution < 1.29 is 19.5 Å². The lowest BCUT2D eigenvalue weighted by atomic mass is 9.84. The third-order valence-corrected chi connectivity index (χ3v) is 7.27. The second-order valence-corrected chi connectivity index (χ2v) is 11.2. The summed E-state index contributed by atoms with van der Waals surface area (Å²) in [5.74, 6) is -1.72. The molecule has 0 aliphatic carbocycles. The molecule has 0 saturated heterocycles. The molecule has 0 fully saturated rings. The second kappa shape index (κ2) is 22.1. The van der Waals surface area contributed by atoms with Gasteiger partial charge in [0.1, 0.15) is 6.04 Å². The van der Waals surface area contributed by atoms with Crippen LogP contribution in [0.4, 0.5) is 0 Å². The minimum Gasteiger partial charge on any atom is -0.478 e. The van der Waals surface area contributed by atoms with E-state index in [2.05, 4.69) is 30.2 Å². The molecule has 1 rings (SSSR count). The number of amides is 2. The van der Waals surface area contributed by atoms with Crippen LogP contribution in [0.1, 0.15) is 94.6 Å². The van der Waals surface area contributed by atoms with Crippen LogP contribution in [0, 0.1) is 11.3 Å². The lowest BCUT2D eigenvalue weighted by Crippen LogP contribution is -2.59. The van der Waals surface area contributed by atoms with Crippen molar-refractivity contribution in [3.05, 3.63) is 77.9 Å². The van der Waals surface area contributed by atoms with Gasteiger partial charge in [0.15, 0.2) is 0 Å². The predicted octanol–water partition coefficient (Wildman–Crippen LogP) is 7.67. The van der Waals surface area contributed by atoms with Gasteiger partial charge in [-0.15, -0.1) is 0 Å². The number of carboxylic acid groups (broad SMARTS) is 1. The highest BCUT2D eigenvalue weighted by Gasteiger charge is 2.38. The Bertz CT molecular complexity index is 1110. The Morgan fingerprint density at radius 1 is 1.05 bits per heavy atom. The minimum atomic E-state index is -1.02. The zero-order chi connectivity index (χ0) is 34.6. The summed E-state index contributed by atoms with van der Waals surface area (Å²) < 4.78 is 0. The first-order valence-corrected chi connectivity index (χ1v) is 16.0. The summed E-state index contributed by atoms with van der Waals surface area (Å²) in [6.07, 6.45) is 8.70. The van der Waals surface area contributed by atoms with E-state index < -0.39 is 29.5 Å². The highest BCUT2D eigenvalue weighted by atomic mass is 16.4. The van der Waals surface area contributed by atoms with E-state index in [9.17, 15) is 19.5 Å². The maximum Gasteiger partial charge on any atom is 0.331 e. The summed E-state index contributed by atoms with van der Waals surface area (Å²) in [4.78, 5) is 40.3. The smallest absolute Gasteiger partial charge is 0.331 e. The summed E-state index contributed by atoms with van der Waals surface area (Å²) in [5, 5.41) is 15.5. The zero-order valence-electron chi connectivity index (χ0n) is 29.7. The van der Waals surface area contributed by atoms with E-state index in [1.54, 1.807) is 26.2 Å². The van der Waals surface area contributed by atoms with Gasteiger partial charge in [-0.25, -0.2) is 4.79 Å². The average Bonchev–Trinajstić information content (AvgIpc) is 3.01. The highest BCUT2D eigenvalue weighted by molar-refractivity contribution is 5.91. The maximum absolute atomic E-state index is 13.7. The summed E-state index contributed by atoms with van der Waals surface area (Å²) >= 11 is 0. The fourth-order valence-corrected chi connectivity index (χ4v) is 4.67. The van der Waals surface area contributed by atoms with Gasteiger partial charge < -0.3 is 20.6 Å². The molecule has 0 aliphatic heterocycles. The number of nitrogens with zero attached hydrogens (tertiary/aromatic N) is 1. The SMILES string of the molecule is C=C/C=C(\C=C(/CC)C(C)C(NC)C(=O)NC(C(=O)N(C)[C@H](/C=C(\C)C(=O)O)CC)C(C)(C)C)c1ccccc1.CC.CC. The summed E-state index contributed by atoms with van der Waals surface area (Å²) in [5.41, 5.74) is 2.75. The van der Waals surface area contributed by atoms with Gasteiger partial charge in [0.25, 0.3) is 0 Å². The van der Waals surface area contributed by atoms with Crippen molar-refractivity contribution in [1.82, 2.24) is 15.5 Å². The normalized spacial score (nSPS) is 14.8. The molecule has 7 heteroatoms. The first-order chi connectivity index (χ1) is 20.7. The number of hydrogen-bond acceptors (Lipinski definition) is 4. The molecule has 1 aromatic carbocycles. The fraction of sp³-hybridized carbons (Fsp3) is 0.541. The maximum atomic E-state index is 13.7. The standard InChI is InChI=1S/C33H49N3O4.2C2H6/c1-11-17-26(25-18-15-14-16-19-25)21-24(12-2)23(5)28(34-9)30(37)35-29(33(6,7)8)31(38)36(10)27(13-3)20-22(4)32(39)40;2*1-2/h11,14-21,23,27-29,34H,1,12-13H2,2-10H3,(H,35,37)(H,39,40);2*1-2H3/b22-20+,24-21+,26-17+;;/t23?,27-,28?,29?;;/m0../s1. The third-order valence-electron chi connectivity index (χ3n) is 7.27. The van der Waals surface area contributed by atoms with Crippen molar-refractivity contribution in [1.29, 1.82) is 0 Å². The van der Waals surface area contributed by atoms with Crippen LogP contribution in [-0.4, -0.2) is 60.0 Å². The number of carbonyl (C=O) groups excluding carboxylic acids is 2. The van der Waals surface area contributed by atoms with Crippen molar-refractivity contribution in [2.45, 2.75) is 107 Å². The molecule has 0 spiro atoms. The van der Waals surface area contributed by atoms with Gasteiger partial charge in [0.2, 0.25) is 11.8 Å². The van der Waals surface area contributed by atoms with Crippen LogP contribution >= 0.6 is 0 Å². The molecule has 248 valence electrons. The van der Waals surface area contributed by atoms with E-state index in [-0.39, 0.29) is 23.3 Å². The Balaban J connectivity index is 0. The van der Waals surface area contributed by atoms with Crippen molar-refractivity contribution in [3.8, 4) is 0 Å². The molecule has 4 atom stereocenters. The molecule has 44 heavy (non-hydrogen) atoms. The lowest BCUT2D eigenvalue weighted by molar-refractivity contribution is -0.140. The van der Waals surface area contributed by atoms with E-state index in [0.29, 0.717) is 6.42 Å². The zero-order valence-corrected chi connectivity index (χ0v) is 29.7. The summed E-state index contributed by atoms with van der Waals surface area (Å²) in [6.45, 7) is 25.1. The number of carbonyl (C=O) groups is 3. The monoisotopic (exact) mass is 611 g/mol. The van der Waals surface area contributed by atoms with Crippen LogP contribution in [0.2, 0.25) is 0 Å². The summed E-state index contributed by atoms with van der Waals surface area (Å²) in [6, 6.07) is 8.23. The Kier molecular flexibility index (Phi) is 21.5. The number of nitrogens with one attached hydrogen (secondary N) is 2. The number of rotatable bonds is 14. The fourth-order valence-electron chi connectivity index (χ4n) is 4.67. The van der Waals surface area contributed by atoms with Crippen LogP contribution in [0.25, 0.3) is 5.57 Å². The van der Waals surface area contributed by atoms with Gasteiger partial charge in [-0.05, 0) is 43.4 Å². The van der Waals surface area contributed by atoms with Gasteiger partial charge in [0, 0.05) is 18.5 Å². The topological polar surface area (TPSA) is 98.7 Å². The number of hydrogen-bond donors (Lipinski definition) is 3. The van der Waals surface area contributed by atoms with Gasteiger partial charge in [-0.2, -0.15) is 0 Å². The molecule has 1 aromatic rings. The van der Waals surface area contributed by atoms with E-state index in [1.807, 2.05) is 98.7 Å². The molecule has 7 nitrogen and oxygen atoms in total. The molecule has 3 unspecified atom stereocenters. The first-order valence-electron chi connectivity index (χ1n) is 16.0. The van der Waals surface area contributed by atoms with Crippen molar-refractivity contribution in [2.75, 3.05) is 14.1 Å². The molecule has 0 bridgehead atoms. The van der Waals surface area contributed by atoms with E-state index in [4.69, 9.17) is 0 Å². The minimum absolute atomic E-state index is 0.162. The van der Waals surface area contributed by atoms with Crippen LogP contribution in [0.5, 0.6) is 0 Å². The molecule has 3 N–H and O–H groups in total. The molecular weight excluding hydrogens is 550 g/mol.